The highest BCUT2D eigenvalue weighted by Crippen LogP contribution is 2.12. The number of hydrogen-bond acceptors (Lipinski definition) is 4. The van der Waals surface area contributed by atoms with Crippen molar-refractivity contribution in [2.45, 2.75) is 25.6 Å². The molecular formula is C18H27N3O3S. The van der Waals surface area contributed by atoms with Crippen LogP contribution in [0.1, 0.15) is 29.8 Å². The van der Waals surface area contributed by atoms with E-state index in [0.29, 0.717) is 44.0 Å². The molecule has 6 nitrogen and oxygen atoms in total. The number of benzene rings is 1. The molecule has 1 aromatic rings. The van der Waals surface area contributed by atoms with E-state index >= 15 is 0 Å². The first-order valence-electron chi connectivity index (χ1n) is 8.55. The summed E-state index contributed by atoms with van der Waals surface area (Å²) in [4.78, 5) is 28.4. The molecule has 1 saturated heterocycles. The number of rotatable bonds is 6. The van der Waals surface area contributed by atoms with Crippen LogP contribution in [-0.4, -0.2) is 70.8 Å². The summed E-state index contributed by atoms with van der Waals surface area (Å²) < 4.78 is 11.4. The molecule has 7 heteroatoms. The lowest BCUT2D eigenvalue weighted by atomic mass is 10.1. The van der Waals surface area contributed by atoms with Gasteiger partial charge in [-0.2, -0.15) is 0 Å². The Morgan fingerprint density at radius 1 is 1.20 bits per heavy atom. The molecule has 1 N–H and O–H groups in total. The fourth-order valence-corrected chi connectivity index (χ4v) is 3.54. The molecule has 0 saturated carbocycles. The van der Waals surface area contributed by atoms with Gasteiger partial charge in [-0.3, -0.25) is 18.7 Å². The minimum Gasteiger partial charge on any atom is -0.353 e. The zero-order chi connectivity index (χ0) is 18.4. The molecule has 1 heterocycles. The molecule has 0 bridgehead atoms. The molecule has 1 unspecified atom stereocenters. The molecule has 2 amide bonds. The van der Waals surface area contributed by atoms with Gasteiger partial charge in [-0.05, 0) is 31.5 Å². The predicted molar refractivity (Wildman–Crippen MR) is 99.8 cm³/mol. The van der Waals surface area contributed by atoms with E-state index in [1.54, 1.807) is 12.3 Å². The van der Waals surface area contributed by atoms with E-state index in [0.717, 1.165) is 5.56 Å². The van der Waals surface area contributed by atoms with Crippen LogP contribution >= 0.6 is 0 Å². The van der Waals surface area contributed by atoms with E-state index in [2.05, 4.69) is 10.2 Å². The van der Waals surface area contributed by atoms with Crippen LogP contribution in [0.5, 0.6) is 0 Å². The fourth-order valence-electron chi connectivity index (χ4n) is 2.89. The molecular weight excluding hydrogens is 338 g/mol. The average molecular weight is 365 g/mol. The lowest BCUT2D eigenvalue weighted by molar-refractivity contribution is -0.123. The van der Waals surface area contributed by atoms with E-state index in [-0.39, 0.29) is 17.9 Å². The molecule has 1 aliphatic heterocycles. The van der Waals surface area contributed by atoms with E-state index in [9.17, 15) is 13.8 Å². The molecule has 25 heavy (non-hydrogen) atoms. The number of nitrogens with one attached hydrogen (secondary N) is 1. The van der Waals surface area contributed by atoms with Crippen LogP contribution in [0.4, 0.5) is 0 Å². The Balaban J connectivity index is 1.89. The minimum atomic E-state index is -0.927. The Labute approximate surface area is 152 Å². The Morgan fingerprint density at radius 3 is 2.48 bits per heavy atom. The first-order chi connectivity index (χ1) is 11.8. The second-order valence-electron chi connectivity index (χ2n) is 6.71. The fraction of sp³-hybridized carbons (Fsp3) is 0.556. The van der Waals surface area contributed by atoms with Gasteiger partial charge in [0.15, 0.2) is 0 Å². The van der Waals surface area contributed by atoms with Crippen molar-refractivity contribution in [2.24, 2.45) is 0 Å². The lowest BCUT2D eigenvalue weighted by Crippen LogP contribution is -2.51. The average Bonchev–Trinajstić information content (AvgIpc) is 2.53. The first-order valence-corrected chi connectivity index (χ1v) is 10.3. The van der Waals surface area contributed by atoms with Crippen molar-refractivity contribution >= 4 is 22.6 Å². The van der Waals surface area contributed by atoms with Crippen LogP contribution in [0.2, 0.25) is 0 Å². The third kappa shape index (κ3) is 6.25. The van der Waals surface area contributed by atoms with Crippen molar-refractivity contribution in [3.63, 3.8) is 0 Å². The lowest BCUT2D eigenvalue weighted by Gasteiger charge is -2.34. The van der Waals surface area contributed by atoms with Crippen molar-refractivity contribution in [3.8, 4) is 0 Å². The van der Waals surface area contributed by atoms with Crippen molar-refractivity contribution in [1.82, 2.24) is 15.1 Å². The summed E-state index contributed by atoms with van der Waals surface area (Å²) >= 11 is 0. The number of piperazine rings is 1. The van der Waals surface area contributed by atoms with Gasteiger partial charge in [0.25, 0.3) is 5.91 Å². The molecule has 2 rings (SSSR count). The highest BCUT2D eigenvalue weighted by atomic mass is 32.2. The maximum Gasteiger partial charge on any atom is 0.253 e. The van der Waals surface area contributed by atoms with Crippen LogP contribution in [0.15, 0.2) is 24.3 Å². The Bertz CT molecular complexity index is 640. The van der Waals surface area contributed by atoms with Gasteiger partial charge in [0.1, 0.15) is 0 Å². The Morgan fingerprint density at radius 2 is 1.88 bits per heavy atom. The number of carbonyl (C=O) groups excluding carboxylic acids is 2. The zero-order valence-corrected chi connectivity index (χ0v) is 16.0. The topological polar surface area (TPSA) is 69.7 Å². The summed E-state index contributed by atoms with van der Waals surface area (Å²) in [6, 6.07) is 7.49. The third-order valence-corrected chi connectivity index (χ3v) is 4.76. The van der Waals surface area contributed by atoms with Crippen molar-refractivity contribution in [3.05, 3.63) is 35.4 Å². The van der Waals surface area contributed by atoms with Crippen molar-refractivity contribution < 1.29 is 13.8 Å². The van der Waals surface area contributed by atoms with Gasteiger partial charge >= 0.3 is 0 Å². The van der Waals surface area contributed by atoms with Crippen LogP contribution in [-0.2, 0) is 21.3 Å². The highest BCUT2D eigenvalue weighted by molar-refractivity contribution is 7.83. The van der Waals surface area contributed by atoms with Gasteiger partial charge in [-0.15, -0.1) is 0 Å². The molecule has 138 valence electrons. The summed E-state index contributed by atoms with van der Waals surface area (Å²) in [6.07, 6.45) is 1.66. The quantitative estimate of drug-likeness (QED) is 0.811. The van der Waals surface area contributed by atoms with E-state index < -0.39 is 10.8 Å². The van der Waals surface area contributed by atoms with Gasteiger partial charge in [-0.1, -0.05) is 12.1 Å². The normalized spacial score (nSPS) is 16.7. The molecule has 1 atom stereocenters. The van der Waals surface area contributed by atoms with Crippen molar-refractivity contribution in [2.75, 3.05) is 39.0 Å². The summed E-state index contributed by atoms with van der Waals surface area (Å²) in [6.45, 7) is 6.85. The van der Waals surface area contributed by atoms with Gasteiger partial charge in [0.2, 0.25) is 5.91 Å². The number of hydrogen-bond donors (Lipinski definition) is 1. The highest BCUT2D eigenvalue weighted by Gasteiger charge is 2.23. The van der Waals surface area contributed by atoms with Crippen LogP contribution in [0, 0.1) is 0 Å². The molecule has 1 aromatic carbocycles. The Hall–Kier alpha value is -1.73. The SMILES string of the molecule is CC(C)NC(=O)CN1CCN(C(=O)c2cccc(CS(C)=O)c2)CC1. The first kappa shape index (κ1) is 19.6. The Kier molecular flexibility index (Phi) is 7.13. The number of carbonyl (C=O) groups is 2. The zero-order valence-electron chi connectivity index (χ0n) is 15.2. The summed E-state index contributed by atoms with van der Waals surface area (Å²) in [5.74, 6) is 0.477. The molecule has 0 aliphatic carbocycles. The molecule has 0 spiro atoms. The smallest absolute Gasteiger partial charge is 0.253 e. The van der Waals surface area contributed by atoms with Gasteiger partial charge in [0.05, 0.1) is 6.54 Å². The van der Waals surface area contributed by atoms with Crippen LogP contribution in [0.25, 0.3) is 0 Å². The summed E-state index contributed by atoms with van der Waals surface area (Å²) in [5, 5.41) is 2.89. The predicted octanol–water partition coefficient (Wildman–Crippen LogP) is 0.848. The molecule has 0 radical (unpaired) electrons. The second-order valence-corrected chi connectivity index (χ2v) is 8.14. The van der Waals surface area contributed by atoms with Crippen molar-refractivity contribution in [1.29, 1.82) is 0 Å². The maximum absolute atomic E-state index is 12.7. The maximum atomic E-state index is 12.7. The number of amides is 2. The van der Waals surface area contributed by atoms with E-state index in [1.807, 2.05) is 36.9 Å². The largest absolute Gasteiger partial charge is 0.353 e. The van der Waals surface area contributed by atoms with Crippen LogP contribution in [0.3, 0.4) is 0 Å². The van der Waals surface area contributed by atoms with Gasteiger partial charge < -0.3 is 10.2 Å². The summed E-state index contributed by atoms with van der Waals surface area (Å²) in [7, 11) is -0.927. The minimum absolute atomic E-state index is 0.00461. The second kappa shape index (κ2) is 9.10. The van der Waals surface area contributed by atoms with Gasteiger partial charge in [0, 0.05) is 60.6 Å². The van der Waals surface area contributed by atoms with Crippen LogP contribution < -0.4 is 5.32 Å². The van der Waals surface area contributed by atoms with Gasteiger partial charge in [-0.25, -0.2) is 0 Å². The monoisotopic (exact) mass is 365 g/mol. The molecule has 1 fully saturated rings. The van der Waals surface area contributed by atoms with E-state index in [4.69, 9.17) is 0 Å². The molecule has 0 aromatic heterocycles. The standard InChI is InChI=1S/C18H27N3O3S/c1-14(2)19-17(22)12-20-7-9-21(10-8-20)18(23)16-6-4-5-15(11-16)13-25(3)24/h4-6,11,14H,7-10,12-13H2,1-3H3,(H,19,22). The third-order valence-electron chi connectivity index (χ3n) is 4.02. The number of nitrogens with zero attached hydrogens (tertiary/aromatic N) is 2. The molecule has 1 aliphatic rings. The summed E-state index contributed by atoms with van der Waals surface area (Å²) in [5.41, 5.74) is 1.55. The van der Waals surface area contributed by atoms with E-state index in [1.165, 1.54) is 0 Å².